The van der Waals surface area contributed by atoms with E-state index < -0.39 is 12.1 Å². The van der Waals surface area contributed by atoms with Gasteiger partial charge in [0, 0.05) is 12.8 Å². The first-order valence-corrected chi connectivity index (χ1v) is 31.6. The minimum atomic E-state index is -0.850. The summed E-state index contributed by atoms with van der Waals surface area (Å²) in [5.74, 6) is -0.0634. The maximum atomic E-state index is 12.5. The lowest BCUT2D eigenvalue weighted by Gasteiger charge is -2.20. The van der Waals surface area contributed by atoms with Crippen LogP contribution in [0.5, 0.6) is 0 Å². The molecule has 0 radical (unpaired) electrons. The van der Waals surface area contributed by atoms with Gasteiger partial charge in [0.2, 0.25) is 5.91 Å². The molecule has 0 aliphatic rings. The number of rotatable bonds is 59. The average Bonchev–Trinajstić information content (AvgIpc) is 3.36. The van der Waals surface area contributed by atoms with Gasteiger partial charge >= 0.3 is 5.97 Å². The van der Waals surface area contributed by atoms with E-state index >= 15 is 0 Å². The predicted octanol–water partition coefficient (Wildman–Crippen LogP) is 19.8. The number of hydrogen-bond donors (Lipinski definition) is 3. The highest BCUT2D eigenvalue weighted by molar-refractivity contribution is 5.76. The Kier molecular flexibility index (Phi) is 58.5. The first kappa shape index (κ1) is 68.3. The van der Waals surface area contributed by atoms with Gasteiger partial charge in [0.05, 0.1) is 25.4 Å². The zero-order chi connectivity index (χ0) is 50.7. The lowest BCUT2D eigenvalue weighted by molar-refractivity contribution is -0.143. The van der Waals surface area contributed by atoms with Crippen LogP contribution in [0.15, 0.2) is 24.3 Å². The van der Waals surface area contributed by atoms with Crippen LogP contribution in [0.1, 0.15) is 348 Å². The summed E-state index contributed by atoms with van der Waals surface area (Å²) in [6.45, 7) is 4.92. The summed E-state index contributed by atoms with van der Waals surface area (Å²) in [6.07, 6.45) is 73.6. The molecule has 0 saturated carbocycles. The molecule has 0 spiro atoms. The number of carbonyl (C=O) groups excluding carboxylic acids is 2. The fourth-order valence-electron chi connectivity index (χ4n) is 9.87. The molecule has 6 nitrogen and oxygen atoms in total. The smallest absolute Gasteiger partial charge is 0.305 e. The molecule has 70 heavy (non-hydrogen) atoms. The van der Waals surface area contributed by atoms with Crippen LogP contribution in [0.25, 0.3) is 0 Å². The van der Waals surface area contributed by atoms with Crippen molar-refractivity contribution in [1.29, 1.82) is 0 Å². The highest BCUT2D eigenvalue weighted by Gasteiger charge is 2.18. The van der Waals surface area contributed by atoms with Crippen LogP contribution in [0.2, 0.25) is 0 Å². The fourth-order valence-corrected chi connectivity index (χ4v) is 9.87. The summed E-state index contributed by atoms with van der Waals surface area (Å²) in [6, 6.07) is -0.634. The van der Waals surface area contributed by atoms with E-state index in [1.807, 2.05) is 6.08 Å². The van der Waals surface area contributed by atoms with Gasteiger partial charge < -0.3 is 20.3 Å². The third kappa shape index (κ3) is 55.7. The maximum absolute atomic E-state index is 12.5. The summed E-state index contributed by atoms with van der Waals surface area (Å²) in [7, 11) is 0. The molecular weight excluding hydrogens is 863 g/mol. The largest absolute Gasteiger partial charge is 0.466 e. The minimum absolute atomic E-state index is 0.00955. The number of amides is 1. The number of aliphatic hydroxyl groups is 2. The molecule has 0 rings (SSSR count). The van der Waals surface area contributed by atoms with Crippen LogP contribution in [0.3, 0.4) is 0 Å². The molecule has 6 heteroatoms. The molecule has 0 fully saturated rings. The minimum Gasteiger partial charge on any atom is -0.466 e. The van der Waals surface area contributed by atoms with Crippen LogP contribution in [-0.2, 0) is 14.3 Å². The Labute approximate surface area is 437 Å². The summed E-state index contributed by atoms with van der Waals surface area (Å²) >= 11 is 0. The van der Waals surface area contributed by atoms with Gasteiger partial charge in [-0.05, 0) is 57.8 Å². The monoisotopic (exact) mass is 986 g/mol. The Balaban J connectivity index is 3.45. The molecule has 0 heterocycles. The number of nitrogens with one attached hydrogen (secondary N) is 1. The second-order valence-corrected chi connectivity index (χ2v) is 21.7. The third-order valence-electron chi connectivity index (χ3n) is 14.7. The van der Waals surface area contributed by atoms with Crippen molar-refractivity contribution in [3.8, 4) is 0 Å². The number of hydrogen-bond acceptors (Lipinski definition) is 5. The molecule has 3 N–H and O–H groups in total. The molecule has 0 aromatic rings. The standard InChI is InChI=1S/C64H123NO5/c1-3-5-7-9-11-13-15-17-18-19-23-26-29-33-36-40-44-48-52-56-62(67)61(60-66)65-63(68)57-53-49-45-41-37-34-30-27-24-21-20-22-25-28-31-35-39-43-47-51-55-59-70-64(69)58-54-50-46-42-38-32-16-14-12-10-8-6-4-2/h21,24,52,56,61-62,66-67H,3-20,22-23,25-51,53-55,57-60H2,1-2H3,(H,65,68)/b24-21-,56-52+. The summed E-state index contributed by atoms with van der Waals surface area (Å²) in [4.78, 5) is 24.5. The number of esters is 1. The third-order valence-corrected chi connectivity index (χ3v) is 14.7. The van der Waals surface area contributed by atoms with E-state index in [-0.39, 0.29) is 18.5 Å². The zero-order valence-corrected chi connectivity index (χ0v) is 47.3. The molecule has 0 aromatic heterocycles. The number of aliphatic hydroxyl groups excluding tert-OH is 2. The van der Waals surface area contributed by atoms with Crippen molar-refractivity contribution in [2.45, 2.75) is 360 Å². The van der Waals surface area contributed by atoms with Crippen LogP contribution in [0.4, 0.5) is 0 Å². The van der Waals surface area contributed by atoms with Crippen LogP contribution < -0.4 is 5.32 Å². The van der Waals surface area contributed by atoms with Crippen molar-refractivity contribution >= 4 is 11.9 Å². The van der Waals surface area contributed by atoms with E-state index in [0.29, 0.717) is 19.4 Å². The normalized spacial score (nSPS) is 12.7. The molecule has 414 valence electrons. The molecule has 2 atom stereocenters. The Morgan fingerprint density at radius 1 is 0.386 bits per heavy atom. The van der Waals surface area contributed by atoms with Crippen LogP contribution >= 0.6 is 0 Å². The number of carbonyl (C=O) groups is 2. The molecule has 0 bridgehead atoms. The van der Waals surface area contributed by atoms with E-state index in [2.05, 4.69) is 31.3 Å². The van der Waals surface area contributed by atoms with Gasteiger partial charge in [-0.3, -0.25) is 9.59 Å². The topological polar surface area (TPSA) is 95.9 Å². The van der Waals surface area contributed by atoms with Gasteiger partial charge in [-0.15, -0.1) is 0 Å². The second-order valence-electron chi connectivity index (χ2n) is 21.7. The first-order chi connectivity index (χ1) is 34.5. The van der Waals surface area contributed by atoms with Crippen molar-refractivity contribution in [3.63, 3.8) is 0 Å². The molecule has 0 saturated heterocycles. The quantitative estimate of drug-likeness (QED) is 0.0321. The molecule has 0 aliphatic carbocycles. The predicted molar refractivity (Wildman–Crippen MR) is 306 cm³/mol. The Hall–Kier alpha value is -1.66. The Morgan fingerprint density at radius 2 is 0.671 bits per heavy atom. The van der Waals surface area contributed by atoms with Gasteiger partial charge in [-0.1, -0.05) is 301 Å². The van der Waals surface area contributed by atoms with Gasteiger partial charge in [-0.2, -0.15) is 0 Å². The number of allylic oxidation sites excluding steroid dienone is 3. The van der Waals surface area contributed by atoms with E-state index in [1.165, 1.54) is 276 Å². The average molecular weight is 987 g/mol. The number of ether oxygens (including phenoxy) is 1. The van der Waals surface area contributed by atoms with Gasteiger partial charge in [0.15, 0.2) is 0 Å². The van der Waals surface area contributed by atoms with E-state index in [1.54, 1.807) is 6.08 Å². The highest BCUT2D eigenvalue weighted by atomic mass is 16.5. The fraction of sp³-hybridized carbons (Fsp3) is 0.906. The zero-order valence-electron chi connectivity index (χ0n) is 47.3. The van der Waals surface area contributed by atoms with Crippen molar-refractivity contribution in [2.75, 3.05) is 13.2 Å². The molecular formula is C64H123NO5. The Morgan fingerprint density at radius 3 is 1.01 bits per heavy atom. The molecule has 2 unspecified atom stereocenters. The van der Waals surface area contributed by atoms with E-state index in [0.717, 1.165) is 44.9 Å². The Bertz CT molecular complexity index is 1090. The molecule has 0 aliphatic heterocycles. The molecule has 1 amide bonds. The van der Waals surface area contributed by atoms with Gasteiger partial charge in [0.1, 0.15) is 0 Å². The van der Waals surface area contributed by atoms with Gasteiger partial charge in [0.25, 0.3) is 0 Å². The maximum Gasteiger partial charge on any atom is 0.305 e. The van der Waals surface area contributed by atoms with Crippen molar-refractivity contribution in [1.82, 2.24) is 5.32 Å². The lowest BCUT2D eigenvalue weighted by Crippen LogP contribution is -2.45. The summed E-state index contributed by atoms with van der Waals surface area (Å²) in [5, 5.41) is 23.2. The highest BCUT2D eigenvalue weighted by Crippen LogP contribution is 2.17. The van der Waals surface area contributed by atoms with E-state index in [9.17, 15) is 19.8 Å². The number of unbranched alkanes of at least 4 members (excludes halogenated alkanes) is 46. The van der Waals surface area contributed by atoms with Gasteiger partial charge in [-0.25, -0.2) is 0 Å². The molecule has 0 aromatic carbocycles. The summed E-state index contributed by atoms with van der Waals surface area (Å²) in [5.41, 5.74) is 0. The van der Waals surface area contributed by atoms with E-state index in [4.69, 9.17) is 4.74 Å². The first-order valence-electron chi connectivity index (χ1n) is 31.6. The summed E-state index contributed by atoms with van der Waals surface area (Å²) < 4.78 is 5.48. The van der Waals surface area contributed by atoms with Crippen molar-refractivity contribution < 1.29 is 24.5 Å². The van der Waals surface area contributed by atoms with Crippen molar-refractivity contribution in [2.24, 2.45) is 0 Å². The van der Waals surface area contributed by atoms with Crippen LogP contribution in [0, 0.1) is 0 Å². The second kappa shape index (κ2) is 59.9. The SMILES string of the molecule is CCCCCCCCCCCCCCCCCCC/C=C/C(O)C(CO)NC(=O)CCCCCCCCC/C=C\CCCCCCCCCCCCOC(=O)CCCCCCCCCCCCCCC. The lowest BCUT2D eigenvalue weighted by atomic mass is 10.0. The van der Waals surface area contributed by atoms with Crippen molar-refractivity contribution in [3.05, 3.63) is 24.3 Å². The van der Waals surface area contributed by atoms with Crippen LogP contribution in [-0.4, -0.2) is 47.4 Å².